The second kappa shape index (κ2) is 2.28. The van der Waals surface area contributed by atoms with Gasteiger partial charge in [-0.05, 0) is 31.4 Å². The first-order chi connectivity index (χ1) is 3.77. The molecule has 48 valence electrons. The summed E-state index contributed by atoms with van der Waals surface area (Å²) in [7, 11) is 0. The van der Waals surface area contributed by atoms with E-state index in [2.05, 4.69) is 12.6 Å². The van der Waals surface area contributed by atoms with Crippen molar-refractivity contribution in [1.82, 2.24) is 0 Å². The Bertz CT molecular complexity index is 78.6. The Balaban J connectivity index is 2.20. The quantitative estimate of drug-likeness (QED) is 0.541. The molecule has 1 aliphatic rings. The van der Waals surface area contributed by atoms with E-state index in [1.54, 1.807) is 0 Å². The maximum atomic E-state index is 9.36. The molecule has 0 spiro atoms. The largest absolute Gasteiger partial charge is 0.390 e. The van der Waals surface area contributed by atoms with Crippen LogP contribution < -0.4 is 0 Å². The van der Waals surface area contributed by atoms with Gasteiger partial charge >= 0.3 is 0 Å². The predicted molar refractivity (Wildman–Crippen MR) is 37.3 cm³/mol. The van der Waals surface area contributed by atoms with Crippen LogP contribution in [0.25, 0.3) is 0 Å². The van der Waals surface area contributed by atoms with Crippen LogP contribution in [0.1, 0.15) is 25.7 Å². The van der Waals surface area contributed by atoms with Crippen molar-refractivity contribution < 1.29 is 5.11 Å². The summed E-state index contributed by atoms with van der Waals surface area (Å²) in [5, 5.41) is 9.36. The second-order valence-electron chi connectivity index (χ2n) is 2.55. The molecular weight excluding hydrogens is 120 g/mol. The summed E-state index contributed by atoms with van der Waals surface area (Å²) in [6, 6.07) is 0. The summed E-state index contributed by atoms with van der Waals surface area (Å²) in [6.07, 6.45) is 4.06. The summed E-state index contributed by atoms with van der Waals surface area (Å²) in [4.78, 5) is 0. The maximum absolute atomic E-state index is 9.36. The molecule has 0 aromatic carbocycles. The van der Waals surface area contributed by atoms with Crippen LogP contribution in [-0.2, 0) is 0 Å². The molecule has 1 aliphatic carbocycles. The molecule has 1 saturated carbocycles. The van der Waals surface area contributed by atoms with Crippen LogP contribution in [0.3, 0.4) is 0 Å². The summed E-state index contributed by atoms with van der Waals surface area (Å²) < 4.78 is 0. The van der Waals surface area contributed by atoms with E-state index in [0.717, 1.165) is 25.0 Å². The third kappa shape index (κ3) is 1.17. The average Bonchev–Trinajstić information content (AvgIpc) is 1.64. The lowest BCUT2D eigenvalue weighted by atomic mass is 9.78. The summed E-state index contributed by atoms with van der Waals surface area (Å²) in [5.41, 5.74) is -0.304. The molecule has 0 bridgehead atoms. The maximum Gasteiger partial charge on any atom is 0.0655 e. The molecule has 1 fully saturated rings. The van der Waals surface area contributed by atoms with Gasteiger partial charge in [-0.3, -0.25) is 0 Å². The Kier molecular flexibility index (Phi) is 1.83. The lowest BCUT2D eigenvalue weighted by Gasteiger charge is -2.36. The van der Waals surface area contributed by atoms with Gasteiger partial charge in [-0.2, -0.15) is 12.6 Å². The van der Waals surface area contributed by atoms with E-state index in [4.69, 9.17) is 0 Å². The Morgan fingerprint density at radius 1 is 1.50 bits per heavy atom. The molecule has 0 amide bonds. The van der Waals surface area contributed by atoms with E-state index >= 15 is 0 Å². The van der Waals surface area contributed by atoms with Crippen molar-refractivity contribution in [3.63, 3.8) is 0 Å². The molecule has 1 nitrogen and oxygen atoms in total. The van der Waals surface area contributed by atoms with Gasteiger partial charge in [-0.25, -0.2) is 0 Å². The molecule has 0 aromatic heterocycles. The molecule has 1 rings (SSSR count). The van der Waals surface area contributed by atoms with Gasteiger partial charge in [0.15, 0.2) is 0 Å². The molecule has 0 saturated heterocycles. The average molecular weight is 132 g/mol. The fourth-order valence-corrected chi connectivity index (χ4v) is 1.46. The van der Waals surface area contributed by atoms with Crippen LogP contribution in [0.2, 0.25) is 0 Å². The van der Waals surface area contributed by atoms with E-state index < -0.39 is 0 Å². The molecule has 0 aromatic rings. The Hall–Kier alpha value is 0.310. The Morgan fingerprint density at radius 3 is 2.25 bits per heavy atom. The molecule has 2 heteroatoms. The van der Waals surface area contributed by atoms with Crippen molar-refractivity contribution in [2.75, 3.05) is 5.75 Å². The van der Waals surface area contributed by atoms with Crippen molar-refractivity contribution in [1.29, 1.82) is 0 Å². The van der Waals surface area contributed by atoms with Crippen molar-refractivity contribution in [3.8, 4) is 0 Å². The minimum atomic E-state index is -0.304. The zero-order valence-electron chi connectivity index (χ0n) is 4.93. The van der Waals surface area contributed by atoms with Gasteiger partial charge in [-0.15, -0.1) is 0 Å². The Labute approximate surface area is 55.5 Å². The van der Waals surface area contributed by atoms with E-state index in [1.165, 1.54) is 6.42 Å². The van der Waals surface area contributed by atoms with Crippen molar-refractivity contribution in [3.05, 3.63) is 0 Å². The summed E-state index contributed by atoms with van der Waals surface area (Å²) >= 11 is 4.04. The molecule has 0 radical (unpaired) electrons. The number of thiol groups is 1. The lowest BCUT2D eigenvalue weighted by molar-refractivity contribution is -0.0348. The fourth-order valence-electron chi connectivity index (χ4n) is 1.04. The van der Waals surface area contributed by atoms with Crippen molar-refractivity contribution in [2.24, 2.45) is 0 Å². The van der Waals surface area contributed by atoms with Gasteiger partial charge in [0.2, 0.25) is 0 Å². The predicted octanol–water partition coefficient (Wildman–Crippen LogP) is 1.22. The van der Waals surface area contributed by atoms with Gasteiger partial charge in [0.05, 0.1) is 5.60 Å². The third-order valence-corrected chi connectivity index (χ3v) is 2.09. The SMILES string of the molecule is OC1(CCS)CCC1. The standard InChI is InChI=1S/C6H12OS/c7-6(4-5-8)2-1-3-6/h7-8H,1-5H2. The first-order valence-corrected chi connectivity index (χ1v) is 3.73. The molecule has 0 heterocycles. The van der Waals surface area contributed by atoms with E-state index in [9.17, 15) is 5.11 Å². The second-order valence-corrected chi connectivity index (χ2v) is 3.00. The van der Waals surface area contributed by atoms with Crippen LogP contribution in [0.15, 0.2) is 0 Å². The normalized spacial score (nSPS) is 24.8. The third-order valence-electron chi connectivity index (χ3n) is 1.86. The lowest BCUT2D eigenvalue weighted by Crippen LogP contribution is -2.36. The van der Waals surface area contributed by atoms with Gasteiger partial charge in [-0.1, -0.05) is 0 Å². The number of hydrogen-bond acceptors (Lipinski definition) is 2. The highest BCUT2D eigenvalue weighted by molar-refractivity contribution is 7.80. The van der Waals surface area contributed by atoms with Gasteiger partial charge in [0.1, 0.15) is 0 Å². The van der Waals surface area contributed by atoms with Crippen LogP contribution in [-0.4, -0.2) is 16.5 Å². The smallest absolute Gasteiger partial charge is 0.0655 e. The molecule has 1 N–H and O–H groups in total. The van der Waals surface area contributed by atoms with E-state index in [0.29, 0.717) is 0 Å². The number of aliphatic hydroxyl groups is 1. The molecule has 8 heavy (non-hydrogen) atoms. The topological polar surface area (TPSA) is 20.2 Å². The number of hydrogen-bond donors (Lipinski definition) is 2. The summed E-state index contributed by atoms with van der Waals surface area (Å²) in [6.45, 7) is 0. The highest BCUT2D eigenvalue weighted by atomic mass is 32.1. The Morgan fingerprint density at radius 2 is 2.12 bits per heavy atom. The number of rotatable bonds is 2. The van der Waals surface area contributed by atoms with Gasteiger partial charge in [0, 0.05) is 0 Å². The summed E-state index contributed by atoms with van der Waals surface area (Å²) in [5.74, 6) is 0.816. The van der Waals surface area contributed by atoms with Gasteiger partial charge in [0.25, 0.3) is 0 Å². The molecule has 0 atom stereocenters. The van der Waals surface area contributed by atoms with Crippen molar-refractivity contribution in [2.45, 2.75) is 31.3 Å². The highest BCUT2D eigenvalue weighted by Gasteiger charge is 2.32. The van der Waals surface area contributed by atoms with E-state index in [-0.39, 0.29) is 5.60 Å². The fraction of sp³-hybridized carbons (Fsp3) is 1.00. The molecular formula is C6H12OS. The van der Waals surface area contributed by atoms with Crippen LogP contribution in [0.4, 0.5) is 0 Å². The first kappa shape index (κ1) is 6.43. The first-order valence-electron chi connectivity index (χ1n) is 3.10. The van der Waals surface area contributed by atoms with Crippen molar-refractivity contribution >= 4 is 12.6 Å². The highest BCUT2D eigenvalue weighted by Crippen LogP contribution is 2.34. The van der Waals surface area contributed by atoms with Gasteiger partial charge < -0.3 is 5.11 Å². The van der Waals surface area contributed by atoms with Crippen LogP contribution in [0.5, 0.6) is 0 Å². The zero-order valence-corrected chi connectivity index (χ0v) is 5.82. The van der Waals surface area contributed by atoms with E-state index in [1.807, 2.05) is 0 Å². The van der Waals surface area contributed by atoms with Crippen LogP contribution >= 0.6 is 12.6 Å². The molecule has 0 aliphatic heterocycles. The minimum absolute atomic E-state index is 0.304. The van der Waals surface area contributed by atoms with Crippen LogP contribution in [0, 0.1) is 0 Å². The monoisotopic (exact) mass is 132 g/mol. The molecule has 0 unspecified atom stereocenters. The zero-order chi connectivity index (χ0) is 6.04. The minimum Gasteiger partial charge on any atom is -0.390 e.